The number of halogens is 1. The van der Waals surface area contributed by atoms with E-state index in [1.807, 2.05) is 0 Å². The lowest BCUT2D eigenvalue weighted by atomic mass is 10.3. The highest BCUT2D eigenvalue weighted by atomic mass is 19.1. The van der Waals surface area contributed by atoms with Gasteiger partial charge in [-0.05, 0) is 18.6 Å². The van der Waals surface area contributed by atoms with E-state index in [2.05, 4.69) is 0 Å². The Kier molecular flexibility index (Phi) is 3.49. The minimum absolute atomic E-state index is 0.000709. The molecule has 4 heteroatoms. The molecule has 0 amide bonds. The first kappa shape index (κ1) is 9.77. The first-order valence-electron chi connectivity index (χ1n) is 4.16. The summed E-state index contributed by atoms with van der Waals surface area (Å²) in [7, 11) is 0. The third-order valence-electron chi connectivity index (χ3n) is 1.79. The number of nitrogens with zero attached hydrogens (tertiary/aromatic N) is 1. The molecule has 0 saturated heterocycles. The Morgan fingerprint density at radius 1 is 1.62 bits per heavy atom. The molecule has 1 aromatic heterocycles. The Balaban J connectivity index is 2.60. The van der Waals surface area contributed by atoms with Crippen molar-refractivity contribution in [2.45, 2.75) is 19.4 Å². The molecule has 1 N–H and O–H groups in total. The number of alkyl halides is 1. The Hall–Kier alpha value is -1.32. The normalized spacial score (nSPS) is 10.2. The van der Waals surface area contributed by atoms with Crippen LogP contribution in [0.15, 0.2) is 18.3 Å². The van der Waals surface area contributed by atoms with E-state index >= 15 is 0 Å². The predicted octanol–water partition coefficient (Wildman–Crippen LogP) is 1.47. The zero-order valence-electron chi connectivity index (χ0n) is 7.24. The smallest absolute Gasteiger partial charge is 0.309 e. The monoisotopic (exact) mass is 185 g/mol. The maximum atomic E-state index is 11.8. The van der Waals surface area contributed by atoms with E-state index in [1.54, 1.807) is 22.9 Å². The third-order valence-corrected chi connectivity index (χ3v) is 1.79. The van der Waals surface area contributed by atoms with Crippen molar-refractivity contribution in [2.75, 3.05) is 6.67 Å². The molecule has 72 valence electrons. The molecule has 0 fully saturated rings. The van der Waals surface area contributed by atoms with Crippen LogP contribution in [-0.2, 0) is 17.8 Å². The molecular formula is C9H12FNO2. The lowest BCUT2D eigenvalue weighted by Crippen LogP contribution is -2.08. The molecule has 0 saturated carbocycles. The summed E-state index contributed by atoms with van der Waals surface area (Å²) in [5, 5.41) is 8.55. The molecule has 0 aliphatic heterocycles. The maximum Gasteiger partial charge on any atom is 0.309 e. The van der Waals surface area contributed by atoms with Gasteiger partial charge in [0.15, 0.2) is 0 Å². The number of hydrogen-bond acceptors (Lipinski definition) is 1. The molecule has 1 rings (SSSR count). The minimum atomic E-state index is -0.861. The quantitative estimate of drug-likeness (QED) is 0.754. The molecule has 13 heavy (non-hydrogen) atoms. The van der Waals surface area contributed by atoms with Gasteiger partial charge in [-0.25, -0.2) is 0 Å². The summed E-state index contributed by atoms with van der Waals surface area (Å²) in [5.41, 5.74) is 0.723. The molecular weight excluding hydrogens is 173 g/mol. The molecule has 3 nitrogen and oxygen atoms in total. The van der Waals surface area contributed by atoms with E-state index in [0.29, 0.717) is 13.0 Å². The predicted molar refractivity (Wildman–Crippen MR) is 46.4 cm³/mol. The SMILES string of the molecule is O=C(O)Cc1cccn1CCCF. The summed E-state index contributed by atoms with van der Waals surface area (Å²) in [5.74, 6) is -0.861. The van der Waals surface area contributed by atoms with Crippen LogP contribution in [0.4, 0.5) is 4.39 Å². The fraction of sp³-hybridized carbons (Fsp3) is 0.444. The molecule has 0 aliphatic carbocycles. The van der Waals surface area contributed by atoms with E-state index in [0.717, 1.165) is 5.69 Å². The molecule has 1 heterocycles. The number of aliphatic carboxylic acids is 1. The van der Waals surface area contributed by atoms with Crippen LogP contribution >= 0.6 is 0 Å². The Morgan fingerprint density at radius 3 is 3.00 bits per heavy atom. The maximum absolute atomic E-state index is 11.8. The first-order chi connectivity index (χ1) is 6.24. The molecule has 0 aliphatic rings. The zero-order valence-corrected chi connectivity index (χ0v) is 7.24. The first-order valence-corrected chi connectivity index (χ1v) is 4.16. The van der Waals surface area contributed by atoms with Crippen molar-refractivity contribution in [3.63, 3.8) is 0 Å². The minimum Gasteiger partial charge on any atom is -0.481 e. The van der Waals surface area contributed by atoms with Crippen LogP contribution in [-0.4, -0.2) is 22.3 Å². The molecule has 1 aromatic rings. The van der Waals surface area contributed by atoms with E-state index in [4.69, 9.17) is 5.11 Å². The third kappa shape index (κ3) is 2.89. The topological polar surface area (TPSA) is 42.2 Å². The summed E-state index contributed by atoms with van der Waals surface area (Å²) in [6, 6.07) is 3.52. The van der Waals surface area contributed by atoms with Crippen molar-refractivity contribution in [1.29, 1.82) is 0 Å². The summed E-state index contributed by atoms with van der Waals surface area (Å²) < 4.78 is 13.6. The van der Waals surface area contributed by atoms with Gasteiger partial charge in [-0.15, -0.1) is 0 Å². The number of rotatable bonds is 5. The Labute approximate surface area is 75.8 Å². The average molecular weight is 185 g/mol. The second-order valence-electron chi connectivity index (χ2n) is 2.81. The Morgan fingerprint density at radius 2 is 2.38 bits per heavy atom. The number of hydrogen-bond donors (Lipinski definition) is 1. The van der Waals surface area contributed by atoms with Crippen LogP contribution < -0.4 is 0 Å². The zero-order chi connectivity index (χ0) is 9.68. The van der Waals surface area contributed by atoms with Crippen molar-refractivity contribution >= 4 is 5.97 Å². The summed E-state index contributed by atoms with van der Waals surface area (Å²) in [4.78, 5) is 10.4. The van der Waals surface area contributed by atoms with Crippen LogP contribution in [0.1, 0.15) is 12.1 Å². The molecule has 0 atom stereocenters. The second kappa shape index (κ2) is 4.64. The van der Waals surface area contributed by atoms with E-state index in [-0.39, 0.29) is 13.1 Å². The van der Waals surface area contributed by atoms with Crippen LogP contribution in [0.5, 0.6) is 0 Å². The lowest BCUT2D eigenvalue weighted by Gasteiger charge is -2.05. The number of aromatic nitrogens is 1. The molecule has 0 spiro atoms. The van der Waals surface area contributed by atoms with Gasteiger partial charge in [0.1, 0.15) is 0 Å². The van der Waals surface area contributed by atoms with Crippen LogP contribution in [0.3, 0.4) is 0 Å². The summed E-state index contributed by atoms with van der Waals surface area (Å²) in [6.07, 6.45) is 2.20. The Bertz CT molecular complexity index is 283. The highest BCUT2D eigenvalue weighted by Gasteiger charge is 2.04. The van der Waals surface area contributed by atoms with Gasteiger partial charge < -0.3 is 9.67 Å². The summed E-state index contributed by atoms with van der Waals surface area (Å²) >= 11 is 0. The molecule has 0 unspecified atom stereocenters. The van der Waals surface area contributed by atoms with Crippen molar-refractivity contribution in [3.8, 4) is 0 Å². The molecule has 0 bridgehead atoms. The second-order valence-corrected chi connectivity index (χ2v) is 2.81. The molecule has 0 aromatic carbocycles. The largest absolute Gasteiger partial charge is 0.481 e. The van der Waals surface area contributed by atoms with Gasteiger partial charge in [0, 0.05) is 18.4 Å². The van der Waals surface area contributed by atoms with Crippen LogP contribution in [0, 0.1) is 0 Å². The lowest BCUT2D eigenvalue weighted by molar-refractivity contribution is -0.136. The van der Waals surface area contributed by atoms with Gasteiger partial charge in [-0.2, -0.15) is 0 Å². The van der Waals surface area contributed by atoms with Gasteiger partial charge in [-0.3, -0.25) is 9.18 Å². The number of aryl methyl sites for hydroxylation is 1. The van der Waals surface area contributed by atoms with Gasteiger partial charge >= 0.3 is 5.97 Å². The van der Waals surface area contributed by atoms with E-state index < -0.39 is 5.97 Å². The van der Waals surface area contributed by atoms with Gasteiger partial charge in [0.25, 0.3) is 0 Å². The standard InChI is InChI=1S/C9H12FNO2/c10-4-2-6-11-5-1-3-8(11)7-9(12)13/h1,3,5H,2,4,6-7H2,(H,12,13). The highest BCUT2D eigenvalue weighted by Crippen LogP contribution is 2.04. The van der Waals surface area contributed by atoms with E-state index in [1.165, 1.54) is 0 Å². The average Bonchev–Trinajstić information content (AvgIpc) is 2.48. The molecule has 0 radical (unpaired) electrons. The van der Waals surface area contributed by atoms with Crippen LogP contribution in [0.25, 0.3) is 0 Å². The number of carboxylic acids is 1. The van der Waals surface area contributed by atoms with Crippen LogP contribution in [0.2, 0.25) is 0 Å². The van der Waals surface area contributed by atoms with Gasteiger partial charge in [0.05, 0.1) is 13.1 Å². The number of carbonyl (C=O) groups is 1. The van der Waals surface area contributed by atoms with Gasteiger partial charge in [-0.1, -0.05) is 0 Å². The number of carboxylic acid groups (broad SMARTS) is 1. The van der Waals surface area contributed by atoms with Gasteiger partial charge in [0.2, 0.25) is 0 Å². The summed E-state index contributed by atoms with van der Waals surface area (Å²) in [6.45, 7) is 0.177. The van der Waals surface area contributed by atoms with Crippen molar-refractivity contribution < 1.29 is 14.3 Å². The highest BCUT2D eigenvalue weighted by molar-refractivity contribution is 5.69. The van der Waals surface area contributed by atoms with Crippen molar-refractivity contribution in [3.05, 3.63) is 24.0 Å². The van der Waals surface area contributed by atoms with Crippen molar-refractivity contribution in [1.82, 2.24) is 4.57 Å². The fourth-order valence-electron chi connectivity index (χ4n) is 1.21. The van der Waals surface area contributed by atoms with Crippen molar-refractivity contribution in [2.24, 2.45) is 0 Å². The van der Waals surface area contributed by atoms with E-state index in [9.17, 15) is 9.18 Å². The fourth-order valence-corrected chi connectivity index (χ4v) is 1.21.